The van der Waals surface area contributed by atoms with Crippen LogP contribution in [0.3, 0.4) is 0 Å². The lowest BCUT2D eigenvalue weighted by atomic mass is 10.0. The minimum absolute atomic E-state index is 0.719. The molecule has 1 aromatic carbocycles. The van der Waals surface area contributed by atoms with Gasteiger partial charge in [-0.1, -0.05) is 25.1 Å². The summed E-state index contributed by atoms with van der Waals surface area (Å²) in [6.45, 7) is 3.55. The Morgan fingerprint density at radius 3 is 2.58 bits per heavy atom. The second-order valence-electron chi connectivity index (χ2n) is 4.33. The van der Waals surface area contributed by atoms with Crippen LogP contribution in [0.5, 0.6) is 0 Å². The first-order chi connectivity index (χ1) is 5.61. The van der Waals surface area contributed by atoms with Crippen molar-refractivity contribution >= 4 is 5.69 Å². The Hall–Kier alpha value is -0.820. The molecule has 0 fully saturated rings. The van der Waals surface area contributed by atoms with E-state index in [-0.39, 0.29) is 0 Å². The molecular formula is C11H16N+. The van der Waals surface area contributed by atoms with Gasteiger partial charge in [-0.3, -0.25) is 4.48 Å². The van der Waals surface area contributed by atoms with E-state index < -0.39 is 0 Å². The maximum Gasteiger partial charge on any atom is 0.136 e. The van der Waals surface area contributed by atoms with Gasteiger partial charge in [0.05, 0.1) is 20.6 Å². The molecule has 12 heavy (non-hydrogen) atoms. The molecule has 0 saturated carbocycles. The van der Waals surface area contributed by atoms with Crippen molar-refractivity contribution in [3.05, 3.63) is 29.8 Å². The Bertz CT molecular complexity index is 302. The molecule has 1 aliphatic rings. The Labute approximate surface area is 74.2 Å². The van der Waals surface area contributed by atoms with Crippen LogP contribution in [-0.4, -0.2) is 20.6 Å². The molecule has 0 saturated heterocycles. The highest BCUT2D eigenvalue weighted by Crippen LogP contribution is 2.38. The molecule has 1 heterocycles. The lowest BCUT2D eigenvalue weighted by Gasteiger charge is -2.23. The zero-order valence-electron chi connectivity index (χ0n) is 8.04. The van der Waals surface area contributed by atoms with E-state index in [2.05, 4.69) is 45.3 Å². The third-order valence-corrected chi connectivity index (χ3v) is 2.85. The summed E-state index contributed by atoms with van der Waals surface area (Å²) in [6.07, 6.45) is 0. The Kier molecular flexibility index (Phi) is 1.52. The van der Waals surface area contributed by atoms with Crippen LogP contribution < -0.4 is 4.48 Å². The number of benzene rings is 1. The SMILES string of the molecule is CC1C[N+](C)(C)c2ccccc21. The summed E-state index contributed by atoms with van der Waals surface area (Å²) in [6, 6.07) is 8.78. The monoisotopic (exact) mass is 162 g/mol. The van der Waals surface area contributed by atoms with E-state index in [1.165, 1.54) is 17.8 Å². The van der Waals surface area contributed by atoms with E-state index >= 15 is 0 Å². The summed E-state index contributed by atoms with van der Waals surface area (Å²) in [7, 11) is 4.56. The summed E-state index contributed by atoms with van der Waals surface area (Å²) in [4.78, 5) is 0. The molecule has 1 unspecified atom stereocenters. The van der Waals surface area contributed by atoms with Crippen LogP contribution in [0.2, 0.25) is 0 Å². The fourth-order valence-corrected chi connectivity index (χ4v) is 2.34. The van der Waals surface area contributed by atoms with Crippen LogP contribution in [-0.2, 0) is 0 Å². The van der Waals surface area contributed by atoms with Gasteiger partial charge in [0, 0.05) is 11.5 Å². The van der Waals surface area contributed by atoms with Crippen molar-refractivity contribution in [1.82, 2.24) is 4.48 Å². The van der Waals surface area contributed by atoms with Gasteiger partial charge in [0.2, 0.25) is 0 Å². The van der Waals surface area contributed by atoms with E-state index in [1.807, 2.05) is 0 Å². The maximum absolute atomic E-state index is 2.31. The summed E-state index contributed by atoms with van der Waals surface area (Å²) >= 11 is 0. The van der Waals surface area contributed by atoms with Crippen molar-refractivity contribution in [2.24, 2.45) is 0 Å². The summed E-state index contributed by atoms with van der Waals surface area (Å²) in [5.41, 5.74) is 3.02. The highest BCUT2D eigenvalue weighted by Gasteiger charge is 2.34. The van der Waals surface area contributed by atoms with Gasteiger partial charge >= 0.3 is 0 Å². The molecule has 0 N–H and O–H groups in total. The summed E-state index contributed by atoms with van der Waals surface area (Å²) in [5.74, 6) is 0.719. The number of fused-ring (bicyclic) bond motifs is 1. The van der Waals surface area contributed by atoms with Crippen molar-refractivity contribution in [2.45, 2.75) is 12.8 Å². The molecule has 64 valence electrons. The maximum atomic E-state index is 2.31. The summed E-state index contributed by atoms with van der Waals surface area (Å²) < 4.78 is 1.04. The Balaban J connectivity index is 2.58. The number of nitrogens with zero attached hydrogens (tertiary/aromatic N) is 1. The van der Waals surface area contributed by atoms with Crippen molar-refractivity contribution in [3.63, 3.8) is 0 Å². The largest absolute Gasteiger partial charge is 0.295 e. The van der Waals surface area contributed by atoms with Crippen molar-refractivity contribution in [3.8, 4) is 0 Å². The predicted molar refractivity (Wildman–Crippen MR) is 53.4 cm³/mol. The molecule has 0 aromatic heterocycles. The first kappa shape index (κ1) is 7.81. The molecule has 1 aromatic rings. The van der Waals surface area contributed by atoms with Gasteiger partial charge in [-0.15, -0.1) is 0 Å². The first-order valence-electron chi connectivity index (χ1n) is 4.54. The van der Waals surface area contributed by atoms with Crippen LogP contribution >= 0.6 is 0 Å². The van der Waals surface area contributed by atoms with Crippen molar-refractivity contribution < 1.29 is 0 Å². The molecule has 0 radical (unpaired) electrons. The van der Waals surface area contributed by atoms with Crippen LogP contribution in [0.15, 0.2) is 24.3 Å². The first-order valence-corrected chi connectivity index (χ1v) is 4.54. The average molecular weight is 162 g/mol. The van der Waals surface area contributed by atoms with Gasteiger partial charge < -0.3 is 0 Å². The zero-order chi connectivity index (χ0) is 8.77. The molecule has 0 aliphatic carbocycles. The number of rotatable bonds is 0. The quantitative estimate of drug-likeness (QED) is 0.514. The molecule has 0 amide bonds. The molecule has 1 heteroatoms. The van der Waals surface area contributed by atoms with Crippen LogP contribution in [0.4, 0.5) is 5.69 Å². The van der Waals surface area contributed by atoms with E-state index in [9.17, 15) is 0 Å². The summed E-state index contributed by atoms with van der Waals surface area (Å²) in [5, 5.41) is 0. The normalized spacial score (nSPS) is 25.4. The standard InChI is InChI=1S/C11H16N/c1-9-8-12(2,3)11-7-5-4-6-10(9)11/h4-7,9H,8H2,1-3H3/q+1. The number of hydrogen-bond donors (Lipinski definition) is 0. The van der Waals surface area contributed by atoms with E-state index in [4.69, 9.17) is 0 Å². The average Bonchev–Trinajstić information content (AvgIpc) is 2.25. The Morgan fingerprint density at radius 2 is 1.92 bits per heavy atom. The molecule has 1 nitrogen and oxygen atoms in total. The lowest BCUT2D eigenvalue weighted by Crippen LogP contribution is -2.38. The van der Waals surface area contributed by atoms with Crippen molar-refractivity contribution in [1.29, 1.82) is 0 Å². The van der Waals surface area contributed by atoms with Gasteiger partial charge in [0.25, 0.3) is 0 Å². The number of likely N-dealkylation sites (N-methyl/N-ethyl adjacent to an activating group) is 1. The zero-order valence-corrected chi connectivity index (χ0v) is 8.04. The Morgan fingerprint density at radius 1 is 1.25 bits per heavy atom. The highest BCUT2D eigenvalue weighted by atomic mass is 15.3. The lowest BCUT2D eigenvalue weighted by molar-refractivity contribution is 0.412. The van der Waals surface area contributed by atoms with E-state index in [1.54, 1.807) is 0 Å². The minimum atomic E-state index is 0.719. The fourth-order valence-electron chi connectivity index (χ4n) is 2.34. The fraction of sp³-hybridized carbons (Fsp3) is 0.455. The number of para-hydroxylation sites is 1. The molecule has 0 bridgehead atoms. The second-order valence-corrected chi connectivity index (χ2v) is 4.33. The van der Waals surface area contributed by atoms with Gasteiger partial charge in [-0.2, -0.15) is 0 Å². The third kappa shape index (κ3) is 0.969. The molecule has 2 rings (SSSR count). The number of quaternary nitrogens is 1. The third-order valence-electron chi connectivity index (χ3n) is 2.85. The van der Waals surface area contributed by atoms with Gasteiger partial charge in [0.15, 0.2) is 0 Å². The van der Waals surface area contributed by atoms with Crippen LogP contribution in [0.25, 0.3) is 0 Å². The van der Waals surface area contributed by atoms with Crippen LogP contribution in [0.1, 0.15) is 18.4 Å². The van der Waals surface area contributed by atoms with Gasteiger partial charge in [-0.25, -0.2) is 0 Å². The van der Waals surface area contributed by atoms with Crippen LogP contribution in [0, 0.1) is 0 Å². The number of hydrogen-bond acceptors (Lipinski definition) is 0. The molecule has 1 atom stereocenters. The second kappa shape index (κ2) is 2.33. The van der Waals surface area contributed by atoms with Crippen molar-refractivity contribution in [2.75, 3.05) is 20.6 Å². The molecule has 1 aliphatic heterocycles. The van der Waals surface area contributed by atoms with E-state index in [0.29, 0.717) is 0 Å². The predicted octanol–water partition coefficient (Wildman–Crippen LogP) is 2.37. The molecular weight excluding hydrogens is 146 g/mol. The van der Waals surface area contributed by atoms with E-state index in [0.717, 1.165) is 10.4 Å². The topological polar surface area (TPSA) is 0 Å². The highest BCUT2D eigenvalue weighted by molar-refractivity contribution is 5.55. The van der Waals surface area contributed by atoms with Gasteiger partial charge in [0.1, 0.15) is 5.69 Å². The minimum Gasteiger partial charge on any atom is -0.295 e. The smallest absolute Gasteiger partial charge is 0.136 e. The molecule has 0 spiro atoms. The van der Waals surface area contributed by atoms with Gasteiger partial charge in [-0.05, 0) is 6.07 Å².